The van der Waals surface area contributed by atoms with Crippen molar-refractivity contribution in [1.29, 1.82) is 0 Å². The fourth-order valence-corrected chi connectivity index (χ4v) is 4.89. The zero-order chi connectivity index (χ0) is 17.4. The molecule has 0 saturated heterocycles. The summed E-state index contributed by atoms with van der Waals surface area (Å²) in [6.07, 6.45) is 0. The number of aliphatic carboxylic acids is 1. The molecule has 0 aromatic heterocycles. The number of carbonyl (C=O) groups is 1. The third kappa shape index (κ3) is 5.22. The fraction of sp³-hybridized carbons (Fsp3) is 0.0500. The molecule has 4 heteroatoms. The van der Waals surface area contributed by atoms with Crippen molar-refractivity contribution in [3.8, 4) is 5.75 Å². The quantitative estimate of drug-likeness (QED) is 0.739. The van der Waals surface area contributed by atoms with E-state index in [-0.39, 0.29) is 0 Å². The zero-order valence-electron chi connectivity index (χ0n) is 13.3. The first-order valence-corrected chi connectivity index (χ1v) is 9.02. The number of carboxylic acid groups (broad SMARTS) is 1. The topological polar surface area (TPSA) is 60.4 Å². The highest BCUT2D eigenvalue weighted by atomic mass is 31.1. The summed E-state index contributed by atoms with van der Waals surface area (Å²) in [5.41, 5.74) is 0. The minimum Gasteiger partial charge on any atom is -0.550 e. The Morgan fingerprint density at radius 1 is 0.750 bits per heavy atom. The van der Waals surface area contributed by atoms with Crippen molar-refractivity contribution in [2.75, 3.05) is 0 Å². The van der Waals surface area contributed by atoms with Crippen LogP contribution in [0, 0.1) is 0 Å². The van der Waals surface area contributed by atoms with E-state index in [0.717, 1.165) is 6.92 Å². The molecule has 0 saturated carbocycles. The first kappa shape index (κ1) is 17.7. The first-order valence-electron chi connectivity index (χ1n) is 7.52. The van der Waals surface area contributed by atoms with Crippen molar-refractivity contribution in [1.82, 2.24) is 0 Å². The van der Waals surface area contributed by atoms with E-state index in [4.69, 9.17) is 9.90 Å². The van der Waals surface area contributed by atoms with Crippen LogP contribution >= 0.6 is 7.92 Å². The van der Waals surface area contributed by atoms with Crippen molar-refractivity contribution >= 4 is 29.8 Å². The highest BCUT2D eigenvalue weighted by molar-refractivity contribution is 7.79. The Morgan fingerprint density at radius 3 is 1.46 bits per heavy atom. The molecular weight excluding hydrogens is 319 g/mol. The van der Waals surface area contributed by atoms with Gasteiger partial charge < -0.3 is 15.0 Å². The molecule has 0 aliphatic rings. The molecule has 0 radical (unpaired) electrons. The number of carbonyl (C=O) groups excluding carboxylic acids is 1. The number of phenols is 1. The van der Waals surface area contributed by atoms with Crippen molar-refractivity contribution < 1.29 is 15.0 Å². The van der Waals surface area contributed by atoms with Gasteiger partial charge in [0.1, 0.15) is 21.7 Å². The molecule has 0 spiro atoms. The van der Waals surface area contributed by atoms with E-state index < -0.39 is 13.9 Å². The maximum absolute atomic E-state index is 9.49. The predicted molar refractivity (Wildman–Crippen MR) is 98.9 cm³/mol. The van der Waals surface area contributed by atoms with Gasteiger partial charge in [-0.1, -0.05) is 36.4 Å². The maximum Gasteiger partial charge on any atom is 0.115 e. The van der Waals surface area contributed by atoms with Gasteiger partial charge in [-0.15, -0.1) is 0 Å². The number of aromatic hydroxyl groups is 1. The summed E-state index contributed by atoms with van der Waals surface area (Å²) in [4.78, 5) is 8.89. The van der Waals surface area contributed by atoms with Gasteiger partial charge >= 0.3 is 0 Å². The lowest BCUT2D eigenvalue weighted by molar-refractivity contribution is -0.302. The lowest BCUT2D eigenvalue weighted by atomic mass is 10.3. The molecule has 3 nitrogen and oxygen atoms in total. The van der Waals surface area contributed by atoms with Crippen LogP contribution < -0.4 is 21.0 Å². The van der Waals surface area contributed by atoms with E-state index in [2.05, 4.69) is 48.5 Å². The Labute approximate surface area is 143 Å². The van der Waals surface area contributed by atoms with E-state index in [1.54, 1.807) is 12.1 Å². The van der Waals surface area contributed by atoms with Crippen LogP contribution in [0.5, 0.6) is 5.75 Å². The molecule has 0 atom stereocenters. The Bertz CT molecular complexity index is 712. The van der Waals surface area contributed by atoms with Gasteiger partial charge in [0.2, 0.25) is 0 Å². The number of phenolic OH excluding ortho intramolecular Hbond substituents is 1. The highest BCUT2D eigenvalue weighted by Crippen LogP contribution is 2.32. The first-order chi connectivity index (χ1) is 11.6. The van der Waals surface area contributed by atoms with Crippen LogP contribution in [-0.4, -0.2) is 11.1 Å². The summed E-state index contributed by atoms with van der Waals surface area (Å²) in [6, 6.07) is 28.8. The van der Waals surface area contributed by atoms with Crippen LogP contribution in [0.2, 0.25) is 0 Å². The van der Waals surface area contributed by atoms with Crippen molar-refractivity contribution in [3.05, 3.63) is 84.9 Å². The van der Waals surface area contributed by atoms with Gasteiger partial charge in [0, 0.05) is 5.97 Å². The normalized spacial score (nSPS) is 9.92. The summed E-state index contributed by atoms with van der Waals surface area (Å²) in [5, 5.41) is 22.4. The van der Waals surface area contributed by atoms with Crippen molar-refractivity contribution in [2.24, 2.45) is 0 Å². The van der Waals surface area contributed by atoms with Gasteiger partial charge in [-0.3, -0.25) is 0 Å². The molecule has 3 aromatic carbocycles. The van der Waals surface area contributed by atoms with E-state index in [9.17, 15) is 5.11 Å². The average Bonchev–Trinajstić information content (AvgIpc) is 2.58. The molecule has 0 bridgehead atoms. The predicted octanol–water partition coefficient (Wildman–Crippen LogP) is 1.64. The van der Waals surface area contributed by atoms with Gasteiger partial charge in [0.25, 0.3) is 0 Å². The monoisotopic (exact) mass is 338 g/mol. The largest absolute Gasteiger partial charge is 0.550 e. The van der Waals surface area contributed by atoms with Gasteiger partial charge in [-0.25, -0.2) is 0 Å². The lowest BCUT2D eigenvalue weighted by Gasteiger charge is -2.10. The SMILES string of the molecule is CC(=O)[O-].Oc1ccc([PH+](c2ccccc2)c2ccccc2)cc1. The molecule has 0 unspecified atom stereocenters. The van der Waals surface area contributed by atoms with Crippen LogP contribution in [0.1, 0.15) is 6.92 Å². The van der Waals surface area contributed by atoms with Crippen LogP contribution in [-0.2, 0) is 4.79 Å². The van der Waals surface area contributed by atoms with Gasteiger partial charge in [0.15, 0.2) is 0 Å². The second-order valence-corrected chi connectivity index (χ2v) is 7.63. The summed E-state index contributed by atoms with van der Waals surface area (Å²) in [7, 11) is -1.00. The smallest absolute Gasteiger partial charge is 0.115 e. The Morgan fingerprint density at radius 2 is 1.08 bits per heavy atom. The van der Waals surface area contributed by atoms with Crippen LogP contribution in [0.4, 0.5) is 0 Å². The van der Waals surface area contributed by atoms with Gasteiger partial charge in [-0.2, -0.15) is 0 Å². The minimum atomic E-state index is -1.08. The Hall–Kier alpha value is -2.64. The number of benzene rings is 3. The average molecular weight is 338 g/mol. The van der Waals surface area contributed by atoms with Gasteiger partial charge in [0.05, 0.1) is 7.92 Å². The fourth-order valence-electron chi connectivity index (χ4n) is 2.34. The zero-order valence-corrected chi connectivity index (χ0v) is 14.3. The van der Waals surface area contributed by atoms with E-state index in [0.29, 0.717) is 5.75 Å². The third-order valence-electron chi connectivity index (χ3n) is 3.28. The minimum absolute atomic E-state index is 0.316. The van der Waals surface area contributed by atoms with Crippen molar-refractivity contribution in [2.45, 2.75) is 6.92 Å². The molecule has 122 valence electrons. The molecule has 0 aliphatic carbocycles. The molecule has 0 amide bonds. The molecule has 3 aromatic rings. The second kappa shape index (κ2) is 8.85. The van der Waals surface area contributed by atoms with E-state index >= 15 is 0 Å². The number of rotatable bonds is 3. The summed E-state index contributed by atoms with van der Waals surface area (Å²) in [5.74, 6) is -0.767. The molecule has 0 aliphatic heterocycles. The molecule has 3 rings (SSSR count). The summed E-state index contributed by atoms with van der Waals surface area (Å²) >= 11 is 0. The molecular formula is C20H19O3P. The summed E-state index contributed by atoms with van der Waals surface area (Å²) < 4.78 is 0. The molecule has 0 fully saturated rings. The highest BCUT2D eigenvalue weighted by Gasteiger charge is 2.24. The van der Waals surface area contributed by atoms with Crippen molar-refractivity contribution in [3.63, 3.8) is 0 Å². The van der Waals surface area contributed by atoms with Gasteiger partial charge in [-0.05, 0) is 55.5 Å². The van der Waals surface area contributed by atoms with E-state index in [1.807, 2.05) is 24.3 Å². The number of carboxylic acids is 1. The number of hydrogen-bond acceptors (Lipinski definition) is 3. The third-order valence-corrected chi connectivity index (χ3v) is 6.01. The summed E-state index contributed by atoms with van der Waals surface area (Å²) in [6.45, 7) is 0.972. The Balaban J connectivity index is 0.000000471. The number of hydrogen-bond donors (Lipinski definition) is 1. The second-order valence-electron chi connectivity index (χ2n) is 5.15. The van der Waals surface area contributed by atoms with Crippen LogP contribution in [0.25, 0.3) is 0 Å². The Kier molecular flexibility index (Phi) is 6.53. The standard InChI is InChI=1S/C18H15OP.C2H4O2/c19-15-11-13-18(14-12-15)20(16-7-3-1-4-8-16)17-9-5-2-6-10-17;1-2(3)4/h1-14,19H;1H3,(H,3,4). The van der Waals surface area contributed by atoms with E-state index in [1.165, 1.54) is 15.9 Å². The maximum atomic E-state index is 9.49. The van der Waals surface area contributed by atoms with Crippen LogP contribution in [0.3, 0.4) is 0 Å². The molecule has 1 N–H and O–H groups in total. The van der Waals surface area contributed by atoms with Crippen LogP contribution in [0.15, 0.2) is 84.9 Å². The molecule has 0 heterocycles. The molecule has 24 heavy (non-hydrogen) atoms. The lowest BCUT2D eigenvalue weighted by Crippen LogP contribution is -2.20.